The molecule has 2 aromatic rings. The van der Waals surface area contributed by atoms with E-state index in [9.17, 15) is 14.0 Å². The molecule has 2 amide bonds. The van der Waals surface area contributed by atoms with Gasteiger partial charge in [-0.15, -0.1) is 0 Å². The number of halogens is 1. The van der Waals surface area contributed by atoms with E-state index in [0.29, 0.717) is 25.1 Å². The predicted molar refractivity (Wildman–Crippen MR) is 94.9 cm³/mol. The van der Waals surface area contributed by atoms with E-state index in [1.54, 1.807) is 23.1 Å². The zero-order valence-corrected chi connectivity index (χ0v) is 14.2. The summed E-state index contributed by atoms with van der Waals surface area (Å²) < 4.78 is 13.7. The number of carbonyl (C=O) groups excluding carboxylic acids is 2. The van der Waals surface area contributed by atoms with Gasteiger partial charge in [0.25, 0.3) is 0 Å². The van der Waals surface area contributed by atoms with Crippen molar-refractivity contribution in [2.24, 2.45) is 0 Å². The Bertz CT molecular complexity index is 791. The second-order valence-corrected chi connectivity index (χ2v) is 6.21. The van der Waals surface area contributed by atoms with Gasteiger partial charge >= 0.3 is 0 Å². The lowest BCUT2D eigenvalue weighted by Crippen LogP contribution is -2.42. The largest absolute Gasteiger partial charge is 0.333 e. The number of nitrogens with zero attached hydrogens (tertiary/aromatic N) is 2. The van der Waals surface area contributed by atoms with E-state index in [1.807, 2.05) is 24.3 Å². The standard InChI is InChI=1S/C20H21FN2O2/c1-15(24)22(12-10-16-6-2-4-8-18(16)21)14-20(25)23-13-11-17-7-3-5-9-19(17)23/h2-9H,10-14H2,1H3. The quantitative estimate of drug-likeness (QED) is 0.840. The number of anilines is 1. The van der Waals surface area contributed by atoms with Crippen molar-refractivity contribution in [3.63, 3.8) is 0 Å². The lowest BCUT2D eigenvalue weighted by atomic mass is 10.1. The van der Waals surface area contributed by atoms with Crippen molar-refractivity contribution < 1.29 is 14.0 Å². The van der Waals surface area contributed by atoms with Crippen molar-refractivity contribution in [1.29, 1.82) is 0 Å². The molecule has 0 atom stereocenters. The van der Waals surface area contributed by atoms with Crippen LogP contribution in [0, 0.1) is 5.82 Å². The highest BCUT2D eigenvalue weighted by molar-refractivity contribution is 5.98. The van der Waals surface area contributed by atoms with Crippen molar-refractivity contribution in [3.05, 3.63) is 65.5 Å². The SMILES string of the molecule is CC(=O)N(CCc1ccccc1F)CC(=O)N1CCc2ccccc21. The fourth-order valence-electron chi connectivity index (χ4n) is 3.15. The number of amides is 2. The summed E-state index contributed by atoms with van der Waals surface area (Å²) in [6.07, 6.45) is 1.22. The second-order valence-electron chi connectivity index (χ2n) is 6.21. The van der Waals surface area contributed by atoms with Gasteiger partial charge in [-0.3, -0.25) is 9.59 Å². The molecule has 0 aliphatic carbocycles. The fourth-order valence-corrected chi connectivity index (χ4v) is 3.15. The number of para-hydroxylation sites is 1. The minimum absolute atomic E-state index is 0.0120. The Morgan fingerprint density at radius 2 is 1.84 bits per heavy atom. The average Bonchev–Trinajstić information content (AvgIpc) is 3.03. The summed E-state index contributed by atoms with van der Waals surface area (Å²) in [5, 5.41) is 0. The van der Waals surface area contributed by atoms with Crippen LogP contribution in [0.25, 0.3) is 0 Å². The van der Waals surface area contributed by atoms with Gasteiger partial charge in [0.05, 0.1) is 0 Å². The monoisotopic (exact) mass is 340 g/mol. The first-order chi connectivity index (χ1) is 12.1. The highest BCUT2D eigenvalue weighted by atomic mass is 19.1. The Morgan fingerprint density at radius 1 is 1.12 bits per heavy atom. The number of carbonyl (C=O) groups is 2. The molecule has 0 radical (unpaired) electrons. The summed E-state index contributed by atoms with van der Waals surface area (Å²) in [6.45, 7) is 2.40. The third-order valence-corrected chi connectivity index (χ3v) is 4.57. The van der Waals surface area contributed by atoms with Crippen LogP contribution in [0.3, 0.4) is 0 Å². The molecule has 1 aliphatic heterocycles. The zero-order chi connectivity index (χ0) is 17.8. The number of benzene rings is 2. The van der Waals surface area contributed by atoms with Crippen LogP contribution in [0.4, 0.5) is 10.1 Å². The maximum atomic E-state index is 13.7. The first kappa shape index (κ1) is 17.1. The van der Waals surface area contributed by atoms with Gasteiger partial charge in [0, 0.05) is 25.7 Å². The lowest BCUT2D eigenvalue weighted by Gasteiger charge is -2.24. The molecule has 5 heteroatoms. The highest BCUT2D eigenvalue weighted by Gasteiger charge is 2.26. The highest BCUT2D eigenvalue weighted by Crippen LogP contribution is 2.27. The number of fused-ring (bicyclic) bond motifs is 1. The van der Waals surface area contributed by atoms with Crippen LogP contribution in [-0.4, -0.2) is 36.3 Å². The molecule has 130 valence electrons. The van der Waals surface area contributed by atoms with Gasteiger partial charge in [0.1, 0.15) is 12.4 Å². The lowest BCUT2D eigenvalue weighted by molar-refractivity contribution is -0.133. The van der Waals surface area contributed by atoms with Crippen molar-refractivity contribution in [2.75, 3.05) is 24.5 Å². The fraction of sp³-hybridized carbons (Fsp3) is 0.300. The van der Waals surface area contributed by atoms with Crippen molar-refractivity contribution in [2.45, 2.75) is 19.8 Å². The zero-order valence-electron chi connectivity index (χ0n) is 14.2. The van der Waals surface area contributed by atoms with Crippen LogP contribution >= 0.6 is 0 Å². The van der Waals surface area contributed by atoms with Crippen molar-refractivity contribution in [1.82, 2.24) is 4.90 Å². The van der Waals surface area contributed by atoms with Crippen LogP contribution in [0.2, 0.25) is 0 Å². The Balaban J connectivity index is 1.65. The third-order valence-electron chi connectivity index (χ3n) is 4.57. The molecule has 1 aliphatic rings. The van der Waals surface area contributed by atoms with Gasteiger partial charge in [-0.05, 0) is 36.1 Å². The van der Waals surface area contributed by atoms with E-state index < -0.39 is 0 Å². The van der Waals surface area contributed by atoms with E-state index in [-0.39, 0.29) is 24.2 Å². The molecule has 2 aromatic carbocycles. The van der Waals surface area contributed by atoms with Crippen LogP contribution in [-0.2, 0) is 22.4 Å². The maximum absolute atomic E-state index is 13.7. The van der Waals surface area contributed by atoms with Gasteiger partial charge in [-0.25, -0.2) is 4.39 Å². The first-order valence-corrected chi connectivity index (χ1v) is 8.43. The number of hydrogen-bond donors (Lipinski definition) is 0. The summed E-state index contributed by atoms with van der Waals surface area (Å²) >= 11 is 0. The van der Waals surface area contributed by atoms with Crippen molar-refractivity contribution >= 4 is 17.5 Å². The van der Waals surface area contributed by atoms with Gasteiger partial charge < -0.3 is 9.80 Å². The molecular weight excluding hydrogens is 319 g/mol. The summed E-state index contributed by atoms with van der Waals surface area (Å²) in [7, 11) is 0. The normalized spacial score (nSPS) is 12.8. The van der Waals surface area contributed by atoms with Crippen LogP contribution in [0.5, 0.6) is 0 Å². The third kappa shape index (κ3) is 3.87. The van der Waals surface area contributed by atoms with E-state index in [2.05, 4.69) is 0 Å². The molecule has 0 saturated heterocycles. The molecule has 0 bridgehead atoms. The summed E-state index contributed by atoms with van der Waals surface area (Å²) in [5.74, 6) is -0.573. The van der Waals surface area contributed by atoms with E-state index >= 15 is 0 Å². The molecule has 25 heavy (non-hydrogen) atoms. The van der Waals surface area contributed by atoms with E-state index in [0.717, 1.165) is 17.7 Å². The molecule has 3 rings (SSSR count). The van der Waals surface area contributed by atoms with Crippen molar-refractivity contribution in [3.8, 4) is 0 Å². The summed E-state index contributed by atoms with van der Waals surface area (Å²) in [4.78, 5) is 27.8. The Morgan fingerprint density at radius 3 is 2.60 bits per heavy atom. The van der Waals surface area contributed by atoms with Crippen LogP contribution in [0.15, 0.2) is 48.5 Å². The molecule has 1 heterocycles. The van der Waals surface area contributed by atoms with Gasteiger partial charge in [0.2, 0.25) is 11.8 Å². The van der Waals surface area contributed by atoms with Crippen LogP contribution < -0.4 is 4.90 Å². The second kappa shape index (κ2) is 7.47. The first-order valence-electron chi connectivity index (χ1n) is 8.43. The van der Waals surface area contributed by atoms with Gasteiger partial charge in [0.15, 0.2) is 0 Å². The van der Waals surface area contributed by atoms with E-state index in [1.165, 1.54) is 17.9 Å². The van der Waals surface area contributed by atoms with Gasteiger partial charge in [-0.2, -0.15) is 0 Å². The topological polar surface area (TPSA) is 40.6 Å². The molecule has 0 N–H and O–H groups in total. The summed E-state index contributed by atoms with van der Waals surface area (Å²) in [6, 6.07) is 14.3. The molecule has 0 spiro atoms. The smallest absolute Gasteiger partial charge is 0.246 e. The summed E-state index contributed by atoms with van der Waals surface area (Å²) in [5.41, 5.74) is 2.62. The maximum Gasteiger partial charge on any atom is 0.246 e. The molecule has 0 unspecified atom stereocenters. The van der Waals surface area contributed by atoms with E-state index in [4.69, 9.17) is 0 Å². The number of hydrogen-bond acceptors (Lipinski definition) is 2. The van der Waals surface area contributed by atoms with Gasteiger partial charge in [-0.1, -0.05) is 36.4 Å². The average molecular weight is 340 g/mol. The molecule has 0 aromatic heterocycles. The number of rotatable bonds is 5. The molecular formula is C20H21FN2O2. The molecule has 0 fully saturated rings. The Hall–Kier alpha value is -2.69. The minimum atomic E-state index is -0.286. The molecule has 4 nitrogen and oxygen atoms in total. The molecule has 0 saturated carbocycles. The predicted octanol–water partition coefficient (Wildman–Crippen LogP) is 2.81. The Kier molecular flexibility index (Phi) is 5.12. The van der Waals surface area contributed by atoms with Crippen LogP contribution in [0.1, 0.15) is 18.1 Å². The Labute approximate surface area is 146 Å². The minimum Gasteiger partial charge on any atom is -0.333 e.